The molecule has 0 aliphatic carbocycles. The van der Waals surface area contributed by atoms with Crippen molar-refractivity contribution >= 4 is 26.7 Å². The molecule has 3 aromatic carbocycles. The van der Waals surface area contributed by atoms with E-state index in [1.807, 2.05) is 62.4 Å². The highest BCUT2D eigenvalue weighted by molar-refractivity contribution is 9.10. The number of rotatable bonds is 5. The van der Waals surface area contributed by atoms with E-state index in [2.05, 4.69) is 22.0 Å². The SMILES string of the molecule is CCOc1cc(Br)c([C@H]2C(C#N)=C(N)Oc3c2ccc2ccccc32)cc1OCC. The molecule has 0 fully saturated rings. The van der Waals surface area contributed by atoms with Crippen LogP contribution in [-0.2, 0) is 0 Å². The van der Waals surface area contributed by atoms with Crippen LogP contribution in [0.15, 0.2) is 64.5 Å². The lowest BCUT2D eigenvalue weighted by atomic mass is 9.82. The molecule has 0 saturated heterocycles. The van der Waals surface area contributed by atoms with Crippen LogP contribution in [0.1, 0.15) is 30.9 Å². The van der Waals surface area contributed by atoms with Gasteiger partial charge in [0.05, 0.1) is 19.1 Å². The Balaban J connectivity index is 1.97. The van der Waals surface area contributed by atoms with E-state index in [1.165, 1.54) is 0 Å². The molecular weight excluding hydrogens is 444 g/mol. The lowest BCUT2D eigenvalue weighted by Crippen LogP contribution is -2.21. The number of benzene rings is 3. The van der Waals surface area contributed by atoms with Crippen molar-refractivity contribution in [3.8, 4) is 23.3 Å². The number of nitriles is 1. The van der Waals surface area contributed by atoms with Crippen LogP contribution in [0.5, 0.6) is 17.2 Å². The number of ether oxygens (including phenoxy) is 3. The van der Waals surface area contributed by atoms with E-state index in [0.29, 0.717) is 36.0 Å². The third-order valence-corrected chi connectivity index (χ3v) is 5.77. The van der Waals surface area contributed by atoms with E-state index in [4.69, 9.17) is 19.9 Å². The molecule has 0 bridgehead atoms. The fourth-order valence-corrected chi connectivity index (χ4v) is 4.37. The Kier molecular flexibility index (Phi) is 5.56. The van der Waals surface area contributed by atoms with Crippen LogP contribution in [0.2, 0.25) is 0 Å². The van der Waals surface area contributed by atoms with Crippen LogP contribution < -0.4 is 19.9 Å². The molecule has 0 aromatic heterocycles. The number of hydrogen-bond donors (Lipinski definition) is 1. The Morgan fingerprint density at radius 2 is 1.73 bits per heavy atom. The monoisotopic (exact) mass is 464 g/mol. The maximum absolute atomic E-state index is 9.90. The number of fused-ring (bicyclic) bond motifs is 3. The summed E-state index contributed by atoms with van der Waals surface area (Å²) in [6.07, 6.45) is 0. The first-order chi connectivity index (χ1) is 14.6. The van der Waals surface area contributed by atoms with Crippen LogP contribution >= 0.6 is 15.9 Å². The van der Waals surface area contributed by atoms with Crippen molar-refractivity contribution in [2.75, 3.05) is 13.2 Å². The van der Waals surface area contributed by atoms with Crippen LogP contribution in [0, 0.1) is 11.3 Å². The summed E-state index contributed by atoms with van der Waals surface area (Å²) >= 11 is 3.67. The fourth-order valence-electron chi connectivity index (χ4n) is 3.82. The minimum absolute atomic E-state index is 0.116. The second kappa shape index (κ2) is 8.29. The van der Waals surface area contributed by atoms with Crippen molar-refractivity contribution in [2.24, 2.45) is 5.73 Å². The Hall–Kier alpha value is -3.17. The topological polar surface area (TPSA) is 77.5 Å². The van der Waals surface area contributed by atoms with Crippen molar-refractivity contribution in [1.82, 2.24) is 0 Å². The minimum atomic E-state index is -0.396. The van der Waals surface area contributed by atoms with Gasteiger partial charge in [0.1, 0.15) is 17.4 Å². The Bertz CT molecular complexity index is 1200. The van der Waals surface area contributed by atoms with Gasteiger partial charge in [0, 0.05) is 15.4 Å². The summed E-state index contributed by atoms with van der Waals surface area (Å²) in [7, 11) is 0. The summed E-state index contributed by atoms with van der Waals surface area (Å²) in [6.45, 7) is 4.87. The van der Waals surface area contributed by atoms with Crippen LogP contribution in [-0.4, -0.2) is 13.2 Å². The number of allylic oxidation sites excluding steroid dienone is 1. The first-order valence-electron chi connectivity index (χ1n) is 9.77. The summed E-state index contributed by atoms with van der Waals surface area (Å²) in [4.78, 5) is 0. The highest BCUT2D eigenvalue weighted by Crippen LogP contribution is 2.48. The zero-order valence-corrected chi connectivity index (χ0v) is 18.3. The van der Waals surface area contributed by atoms with E-state index < -0.39 is 5.92 Å². The van der Waals surface area contributed by atoms with Gasteiger partial charge in [-0.3, -0.25) is 0 Å². The predicted octanol–water partition coefficient (Wildman–Crippen LogP) is 5.62. The molecule has 1 aliphatic heterocycles. The summed E-state index contributed by atoms with van der Waals surface area (Å²) in [5, 5.41) is 11.9. The molecule has 4 rings (SSSR count). The van der Waals surface area contributed by atoms with E-state index in [0.717, 1.165) is 26.4 Å². The van der Waals surface area contributed by atoms with Gasteiger partial charge in [-0.1, -0.05) is 52.3 Å². The lowest BCUT2D eigenvalue weighted by molar-refractivity contribution is 0.287. The van der Waals surface area contributed by atoms with Gasteiger partial charge in [-0.05, 0) is 36.9 Å². The van der Waals surface area contributed by atoms with Gasteiger partial charge in [-0.15, -0.1) is 0 Å². The van der Waals surface area contributed by atoms with Gasteiger partial charge in [-0.2, -0.15) is 5.26 Å². The van der Waals surface area contributed by atoms with Gasteiger partial charge >= 0.3 is 0 Å². The first kappa shape index (κ1) is 20.1. The van der Waals surface area contributed by atoms with Crippen molar-refractivity contribution in [3.05, 3.63) is 75.6 Å². The maximum Gasteiger partial charge on any atom is 0.205 e. The molecule has 0 radical (unpaired) electrons. The summed E-state index contributed by atoms with van der Waals surface area (Å²) in [6, 6.07) is 18.0. The normalized spacial score (nSPS) is 15.3. The zero-order chi connectivity index (χ0) is 21.3. The van der Waals surface area contributed by atoms with Crippen LogP contribution in [0.3, 0.4) is 0 Å². The second-order valence-electron chi connectivity index (χ2n) is 6.82. The quantitative estimate of drug-likeness (QED) is 0.530. The molecule has 0 spiro atoms. The van der Waals surface area contributed by atoms with E-state index in [-0.39, 0.29) is 5.88 Å². The second-order valence-corrected chi connectivity index (χ2v) is 7.67. The third kappa shape index (κ3) is 3.35. The highest BCUT2D eigenvalue weighted by atomic mass is 79.9. The van der Waals surface area contributed by atoms with Crippen molar-refractivity contribution in [3.63, 3.8) is 0 Å². The average molecular weight is 465 g/mol. The molecule has 1 aliphatic rings. The number of halogens is 1. The fraction of sp³-hybridized carbons (Fsp3) is 0.208. The highest BCUT2D eigenvalue weighted by Gasteiger charge is 2.33. The maximum atomic E-state index is 9.90. The Labute approximate surface area is 183 Å². The van der Waals surface area contributed by atoms with Gasteiger partial charge in [-0.25, -0.2) is 0 Å². The summed E-state index contributed by atoms with van der Waals surface area (Å²) in [5.74, 6) is 1.67. The molecule has 30 heavy (non-hydrogen) atoms. The summed E-state index contributed by atoms with van der Waals surface area (Å²) in [5.41, 5.74) is 8.32. The van der Waals surface area contributed by atoms with Crippen molar-refractivity contribution in [2.45, 2.75) is 19.8 Å². The van der Waals surface area contributed by atoms with E-state index >= 15 is 0 Å². The van der Waals surface area contributed by atoms with Crippen molar-refractivity contribution in [1.29, 1.82) is 5.26 Å². The Morgan fingerprint density at radius 3 is 2.43 bits per heavy atom. The number of nitrogens with zero attached hydrogens (tertiary/aromatic N) is 1. The predicted molar refractivity (Wildman–Crippen MR) is 120 cm³/mol. The van der Waals surface area contributed by atoms with Gasteiger partial charge < -0.3 is 19.9 Å². The molecule has 1 atom stereocenters. The first-order valence-corrected chi connectivity index (χ1v) is 10.6. The summed E-state index contributed by atoms with van der Waals surface area (Å²) < 4.78 is 18.3. The van der Waals surface area contributed by atoms with Crippen LogP contribution in [0.25, 0.3) is 10.8 Å². The zero-order valence-electron chi connectivity index (χ0n) is 16.7. The van der Waals surface area contributed by atoms with Crippen molar-refractivity contribution < 1.29 is 14.2 Å². The molecule has 0 saturated carbocycles. The molecule has 3 aromatic rings. The van der Waals surface area contributed by atoms with Gasteiger partial charge in [0.25, 0.3) is 0 Å². The molecule has 152 valence electrons. The molecule has 1 heterocycles. The molecule has 5 nitrogen and oxygen atoms in total. The van der Waals surface area contributed by atoms with E-state index in [9.17, 15) is 5.26 Å². The largest absolute Gasteiger partial charge is 0.490 e. The minimum Gasteiger partial charge on any atom is -0.490 e. The number of nitrogens with two attached hydrogens (primary N) is 1. The lowest BCUT2D eigenvalue weighted by Gasteiger charge is -2.28. The number of hydrogen-bond acceptors (Lipinski definition) is 5. The molecule has 0 amide bonds. The average Bonchev–Trinajstić information content (AvgIpc) is 2.75. The van der Waals surface area contributed by atoms with Gasteiger partial charge in [0.15, 0.2) is 11.5 Å². The molecule has 6 heteroatoms. The molecular formula is C24H21BrN2O3. The Morgan fingerprint density at radius 1 is 1.03 bits per heavy atom. The molecule has 2 N–H and O–H groups in total. The smallest absolute Gasteiger partial charge is 0.205 e. The third-order valence-electron chi connectivity index (χ3n) is 5.08. The van der Waals surface area contributed by atoms with Crippen LogP contribution in [0.4, 0.5) is 0 Å². The molecule has 0 unspecified atom stereocenters. The van der Waals surface area contributed by atoms with E-state index in [1.54, 1.807) is 0 Å². The standard InChI is InChI=1S/C24H21BrN2O3/c1-3-28-20-11-17(19(25)12-21(20)29-4-2)22-16-10-9-14-7-5-6-8-15(14)23(16)30-24(27)18(22)13-26/h5-12,22H,3-4,27H2,1-2H3/t22-/m0/s1. The van der Waals surface area contributed by atoms with Gasteiger partial charge in [0.2, 0.25) is 5.88 Å².